The van der Waals surface area contributed by atoms with Crippen molar-refractivity contribution in [1.82, 2.24) is 4.90 Å². The van der Waals surface area contributed by atoms with Crippen molar-refractivity contribution in [2.45, 2.75) is 25.3 Å². The summed E-state index contributed by atoms with van der Waals surface area (Å²) in [7, 11) is 2.10. The van der Waals surface area contributed by atoms with Gasteiger partial charge in [0, 0.05) is 38.4 Å². The average Bonchev–Trinajstić information content (AvgIpc) is 2.18. The molecule has 0 aromatic heterocycles. The van der Waals surface area contributed by atoms with E-state index in [4.69, 9.17) is 15.2 Å². The summed E-state index contributed by atoms with van der Waals surface area (Å²) >= 11 is 0. The molecule has 0 spiro atoms. The predicted molar refractivity (Wildman–Crippen MR) is 61.0 cm³/mol. The van der Waals surface area contributed by atoms with Crippen molar-refractivity contribution in [3.8, 4) is 0 Å². The third-order valence-corrected chi connectivity index (χ3v) is 2.89. The van der Waals surface area contributed by atoms with Crippen molar-refractivity contribution >= 4 is 0 Å². The van der Waals surface area contributed by atoms with Crippen molar-refractivity contribution in [2.75, 3.05) is 46.6 Å². The molecular formula is C11H24N2O2. The minimum Gasteiger partial charge on any atom is -0.381 e. The molecular weight excluding hydrogens is 192 g/mol. The van der Waals surface area contributed by atoms with Gasteiger partial charge in [-0.05, 0) is 26.8 Å². The van der Waals surface area contributed by atoms with Crippen LogP contribution in [-0.2, 0) is 9.47 Å². The van der Waals surface area contributed by atoms with Crippen LogP contribution < -0.4 is 5.73 Å². The first-order chi connectivity index (χ1) is 7.16. The van der Waals surface area contributed by atoms with Gasteiger partial charge < -0.3 is 20.1 Å². The largest absolute Gasteiger partial charge is 0.381 e. The topological polar surface area (TPSA) is 47.7 Å². The first-order valence-electron chi connectivity index (χ1n) is 5.79. The Bertz CT molecular complexity index is 170. The predicted octanol–water partition coefficient (Wildman–Crippen LogP) is 0.463. The summed E-state index contributed by atoms with van der Waals surface area (Å²) in [4.78, 5) is 2.25. The second-order valence-electron chi connectivity index (χ2n) is 4.41. The summed E-state index contributed by atoms with van der Waals surface area (Å²) in [6, 6.07) is 0. The van der Waals surface area contributed by atoms with Gasteiger partial charge in [-0.2, -0.15) is 0 Å². The number of ether oxygens (including phenoxy) is 2. The molecule has 0 aliphatic carbocycles. The Morgan fingerprint density at radius 1 is 1.40 bits per heavy atom. The van der Waals surface area contributed by atoms with E-state index in [1.807, 2.05) is 6.92 Å². The summed E-state index contributed by atoms with van der Waals surface area (Å²) in [5, 5.41) is 0. The zero-order valence-electron chi connectivity index (χ0n) is 10.00. The lowest BCUT2D eigenvalue weighted by Crippen LogP contribution is -2.53. The minimum atomic E-state index is -0.0563. The number of nitrogens with two attached hydrogens (primary N) is 1. The van der Waals surface area contributed by atoms with E-state index in [0.717, 1.165) is 52.4 Å². The lowest BCUT2D eigenvalue weighted by molar-refractivity contribution is 0.0363. The molecule has 0 unspecified atom stereocenters. The average molecular weight is 216 g/mol. The van der Waals surface area contributed by atoms with E-state index in [1.54, 1.807) is 0 Å². The fourth-order valence-electron chi connectivity index (χ4n) is 1.92. The Morgan fingerprint density at radius 3 is 2.67 bits per heavy atom. The van der Waals surface area contributed by atoms with Crippen molar-refractivity contribution in [3.05, 3.63) is 0 Å². The molecule has 0 aromatic carbocycles. The molecule has 4 nitrogen and oxygen atoms in total. The fourth-order valence-corrected chi connectivity index (χ4v) is 1.92. The van der Waals surface area contributed by atoms with Crippen LogP contribution in [0.3, 0.4) is 0 Å². The standard InChI is InChI=1S/C11H24N2O2/c1-3-14-9-6-13(2)10-11(12)4-7-15-8-5-11/h3-10,12H2,1-2H3. The van der Waals surface area contributed by atoms with E-state index in [-0.39, 0.29) is 5.54 Å². The zero-order valence-corrected chi connectivity index (χ0v) is 10.00. The maximum absolute atomic E-state index is 6.30. The lowest BCUT2D eigenvalue weighted by atomic mass is 9.91. The summed E-state index contributed by atoms with van der Waals surface area (Å²) in [5.41, 5.74) is 6.25. The molecule has 90 valence electrons. The summed E-state index contributed by atoms with van der Waals surface area (Å²) in [5.74, 6) is 0. The first-order valence-corrected chi connectivity index (χ1v) is 5.79. The third-order valence-electron chi connectivity index (χ3n) is 2.89. The van der Waals surface area contributed by atoms with Crippen LogP contribution in [0.5, 0.6) is 0 Å². The molecule has 1 saturated heterocycles. The van der Waals surface area contributed by atoms with Crippen LogP contribution >= 0.6 is 0 Å². The van der Waals surface area contributed by atoms with Crippen molar-refractivity contribution in [1.29, 1.82) is 0 Å². The van der Waals surface area contributed by atoms with Crippen molar-refractivity contribution in [3.63, 3.8) is 0 Å². The van der Waals surface area contributed by atoms with Crippen LogP contribution in [-0.4, -0.2) is 57.0 Å². The Kier molecular flexibility index (Phi) is 5.53. The fraction of sp³-hybridized carbons (Fsp3) is 1.00. The van der Waals surface area contributed by atoms with Gasteiger partial charge in [0.2, 0.25) is 0 Å². The Hall–Kier alpha value is -0.160. The van der Waals surface area contributed by atoms with Crippen LogP contribution in [0.25, 0.3) is 0 Å². The van der Waals surface area contributed by atoms with E-state index in [9.17, 15) is 0 Å². The molecule has 0 amide bonds. The van der Waals surface area contributed by atoms with E-state index < -0.39 is 0 Å². The van der Waals surface area contributed by atoms with Gasteiger partial charge in [-0.3, -0.25) is 0 Å². The molecule has 1 aliphatic rings. The highest BCUT2D eigenvalue weighted by atomic mass is 16.5. The molecule has 0 bridgehead atoms. The first kappa shape index (κ1) is 12.9. The monoisotopic (exact) mass is 216 g/mol. The number of rotatable bonds is 6. The molecule has 1 heterocycles. The van der Waals surface area contributed by atoms with Gasteiger partial charge in [0.05, 0.1) is 6.61 Å². The van der Waals surface area contributed by atoms with Gasteiger partial charge in [0.1, 0.15) is 0 Å². The Labute approximate surface area is 92.7 Å². The molecule has 1 rings (SSSR count). The van der Waals surface area contributed by atoms with Gasteiger partial charge in [-0.25, -0.2) is 0 Å². The molecule has 1 fully saturated rings. The Balaban J connectivity index is 2.20. The van der Waals surface area contributed by atoms with Gasteiger partial charge in [-0.1, -0.05) is 0 Å². The zero-order chi connectivity index (χ0) is 11.1. The van der Waals surface area contributed by atoms with Gasteiger partial charge in [0.15, 0.2) is 0 Å². The van der Waals surface area contributed by atoms with E-state index in [0.29, 0.717) is 0 Å². The highest BCUT2D eigenvalue weighted by molar-refractivity contribution is 4.88. The molecule has 4 heteroatoms. The lowest BCUT2D eigenvalue weighted by Gasteiger charge is -2.36. The molecule has 0 saturated carbocycles. The summed E-state index contributed by atoms with van der Waals surface area (Å²) < 4.78 is 10.6. The third kappa shape index (κ3) is 4.93. The Morgan fingerprint density at radius 2 is 2.07 bits per heavy atom. The smallest absolute Gasteiger partial charge is 0.0593 e. The highest BCUT2D eigenvalue weighted by Crippen LogP contribution is 2.18. The van der Waals surface area contributed by atoms with E-state index in [2.05, 4.69) is 11.9 Å². The molecule has 0 radical (unpaired) electrons. The van der Waals surface area contributed by atoms with E-state index >= 15 is 0 Å². The quantitative estimate of drug-likeness (QED) is 0.655. The maximum atomic E-state index is 6.30. The van der Waals surface area contributed by atoms with Gasteiger partial charge >= 0.3 is 0 Å². The maximum Gasteiger partial charge on any atom is 0.0593 e. The summed E-state index contributed by atoms with van der Waals surface area (Å²) in [6.45, 7) is 7.08. The SMILES string of the molecule is CCOCCN(C)CC1(N)CCOCC1. The number of nitrogens with zero attached hydrogens (tertiary/aromatic N) is 1. The molecule has 15 heavy (non-hydrogen) atoms. The van der Waals surface area contributed by atoms with Crippen LogP contribution in [0, 0.1) is 0 Å². The van der Waals surface area contributed by atoms with Crippen molar-refractivity contribution < 1.29 is 9.47 Å². The minimum absolute atomic E-state index is 0.0563. The van der Waals surface area contributed by atoms with Gasteiger partial charge in [0.25, 0.3) is 0 Å². The summed E-state index contributed by atoms with van der Waals surface area (Å²) in [6.07, 6.45) is 1.93. The van der Waals surface area contributed by atoms with Crippen LogP contribution in [0.4, 0.5) is 0 Å². The second kappa shape index (κ2) is 6.43. The van der Waals surface area contributed by atoms with Crippen LogP contribution in [0.1, 0.15) is 19.8 Å². The normalized spacial score (nSPS) is 20.8. The molecule has 0 aromatic rings. The number of hydrogen-bond acceptors (Lipinski definition) is 4. The molecule has 2 N–H and O–H groups in total. The second-order valence-corrected chi connectivity index (χ2v) is 4.41. The highest BCUT2D eigenvalue weighted by Gasteiger charge is 2.28. The number of likely N-dealkylation sites (N-methyl/N-ethyl adjacent to an activating group) is 1. The van der Waals surface area contributed by atoms with Crippen molar-refractivity contribution in [2.24, 2.45) is 5.73 Å². The van der Waals surface area contributed by atoms with Crippen LogP contribution in [0.2, 0.25) is 0 Å². The van der Waals surface area contributed by atoms with Crippen LogP contribution in [0.15, 0.2) is 0 Å². The number of hydrogen-bond donors (Lipinski definition) is 1. The van der Waals surface area contributed by atoms with Gasteiger partial charge in [-0.15, -0.1) is 0 Å². The van der Waals surface area contributed by atoms with E-state index in [1.165, 1.54) is 0 Å². The molecule has 1 aliphatic heterocycles. The molecule has 0 atom stereocenters.